The van der Waals surface area contributed by atoms with E-state index in [0.717, 1.165) is 0 Å². The van der Waals surface area contributed by atoms with Gasteiger partial charge in [-0.05, 0) is 48.0 Å². The van der Waals surface area contributed by atoms with Gasteiger partial charge < -0.3 is 0 Å². The highest BCUT2D eigenvalue weighted by Crippen LogP contribution is 2.31. The fourth-order valence-electron chi connectivity index (χ4n) is 2.40. The van der Waals surface area contributed by atoms with Gasteiger partial charge in [0, 0.05) is 0 Å². The quantitative estimate of drug-likeness (QED) is 0.731. The van der Waals surface area contributed by atoms with Crippen molar-refractivity contribution in [3.05, 3.63) is 34.7 Å². The molecule has 0 heterocycles. The molecule has 20 heavy (non-hydrogen) atoms. The first kappa shape index (κ1) is 17.0. The van der Waals surface area contributed by atoms with Crippen molar-refractivity contribution in [1.82, 2.24) is 0 Å². The summed E-state index contributed by atoms with van der Waals surface area (Å²) in [6.07, 6.45) is 2.34. The van der Waals surface area contributed by atoms with Crippen molar-refractivity contribution in [2.45, 2.75) is 68.2 Å². The molecule has 0 atom stereocenters. The van der Waals surface area contributed by atoms with Gasteiger partial charge in [-0.2, -0.15) is 0 Å². The molecule has 0 aliphatic rings. The highest BCUT2D eigenvalue weighted by atomic mass is 14.3. The number of rotatable bonds is 4. The fourth-order valence-corrected chi connectivity index (χ4v) is 2.40. The van der Waals surface area contributed by atoms with Crippen molar-refractivity contribution in [2.24, 2.45) is 10.8 Å². The number of hydrogen-bond donors (Lipinski definition) is 0. The molecule has 0 nitrogen and oxygen atoms in total. The maximum atomic E-state index is 2.35. The molecule has 0 amide bonds. The third-order valence-electron chi connectivity index (χ3n) is 5.53. The topological polar surface area (TPSA) is 0 Å². The predicted molar refractivity (Wildman–Crippen MR) is 92.0 cm³/mol. The average Bonchev–Trinajstić information content (AvgIpc) is 2.45. The van der Waals surface area contributed by atoms with Gasteiger partial charge in [0.25, 0.3) is 0 Å². The Labute approximate surface area is 125 Å². The molecule has 0 aliphatic heterocycles. The molecule has 0 unspecified atom stereocenters. The van der Waals surface area contributed by atoms with Crippen LogP contribution in [0, 0.1) is 10.8 Å². The summed E-state index contributed by atoms with van der Waals surface area (Å²) in [4.78, 5) is 0. The van der Waals surface area contributed by atoms with Gasteiger partial charge in [0.1, 0.15) is 0 Å². The molecule has 112 valence electrons. The Bertz CT molecular complexity index is 517. The van der Waals surface area contributed by atoms with E-state index in [2.05, 4.69) is 79.7 Å². The summed E-state index contributed by atoms with van der Waals surface area (Å²) < 4.78 is 0. The molecule has 0 saturated carbocycles. The van der Waals surface area contributed by atoms with Crippen LogP contribution in [0.2, 0.25) is 0 Å². The normalized spacial score (nSPS) is 16.0. The highest BCUT2D eigenvalue weighted by Gasteiger charge is 2.20. The van der Waals surface area contributed by atoms with E-state index in [1.807, 2.05) is 0 Å². The average molecular weight is 272 g/mol. The lowest BCUT2D eigenvalue weighted by Gasteiger charge is -2.27. The highest BCUT2D eigenvalue weighted by molar-refractivity contribution is 5.55. The van der Waals surface area contributed by atoms with Crippen molar-refractivity contribution in [1.29, 1.82) is 0 Å². The van der Waals surface area contributed by atoms with Gasteiger partial charge >= 0.3 is 0 Å². The molecule has 1 rings (SSSR count). The maximum absolute atomic E-state index is 2.35. The standard InChI is InChI=1S/C20H32/c1-9-19(5,6)15(3)17-13-11-12-14-18(17)16(4)20(7,8)10-2/h11-14H,9-10H2,1-8H3. The molecular formula is C20H32. The molecule has 0 N–H and O–H groups in total. The summed E-state index contributed by atoms with van der Waals surface area (Å²) >= 11 is 0. The Balaban J connectivity index is 3.80. The van der Waals surface area contributed by atoms with Crippen LogP contribution in [-0.2, 0) is 0 Å². The summed E-state index contributed by atoms with van der Waals surface area (Å²) in [7, 11) is 0. The Morgan fingerprint density at radius 2 is 1.05 bits per heavy atom. The van der Waals surface area contributed by atoms with Crippen LogP contribution in [0.4, 0.5) is 0 Å². The van der Waals surface area contributed by atoms with E-state index in [1.165, 1.54) is 34.4 Å². The number of hydrogen-bond acceptors (Lipinski definition) is 0. The maximum Gasteiger partial charge on any atom is -0.0141 e. The van der Waals surface area contributed by atoms with E-state index >= 15 is 0 Å². The summed E-state index contributed by atoms with van der Waals surface area (Å²) in [6.45, 7) is 18.5. The second kappa shape index (κ2) is 6.16. The first-order valence-electron chi connectivity index (χ1n) is 7.95. The summed E-state index contributed by atoms with van der Waals surface area (Å²) in [5, 5.41) is 2.86. The minimum atomic E-state index is 0.257. The molecule has 0 radical (unpaired) electrons. The molecule has 0 heteroatoms. The molecule has 0 saturated heterocycles. The van der Waals surface area contributed by atoms with Crippen LogP contribution in [-0.4, -0.2) is 0 Å². The zero-order chi connectivity index (χ0) is 15.6. The van der Waals surface area contributed by atoms with Crippen LogP contribution in [0.1, 0.15) is 68.2 Å². The van der Waals surface area contributed by atoms with E-state index in [0.29, 0.717) is 0 Å². The van der Waals surface area contributed by atoms with Crippen LogP contribution in [0.5, 0.6) is 0 Å². The summed E-state index contributed by atoms with van der Waals surface area (Å²) in [6, 6.07) is 8.91. The zero-order valence-corrected chi connectivity index (χ0v) is 14.7. The zero-order valence-electron chi connectivity index (χ0n) is 14.7. The molecule has 0 aromatic heterocycles. The van der Waals surface area contributed by atoms with Crippen LogP contribution < -0.4 is 10.4 Å². The summed E-state index contributed by atoms with van der Waals surface area (Å²) in [5.41, 5.74) is 3.52. The third kappa shape index (κ3) is 3.34. The minimum Gasteiger partial charge on any atom is -0.0646 e. The monoisotopic (exact) mass is 272 g/mol. The molecule has 0 fully saturated rings. The predicted octanol–water partition coefficient (Wildman–Crippen LogP) is 4.90. The molecule has 0 bridgehead atoms. The Kier molecular flexibility index (Phi) is 5.24. The van der Waals surface area contributed by atoms with Crippen molar-refractivity contribution >= 4 is 11.1 Å². The van der Waals surface area contributed by atoms with Crippen LogP contribution >= 0.6 is 0 Å². The van der Waals surface area contributed by atoms with Crippen molar-refractivity contribution < 1.29 is 0 Å². The molecule has 0 aliphatic carbocycles. The number of benzene rings is 1. The molecular weight excluding hydrogens is 240 g/mol. The fraction of sp³-hybridized carbons (Fsp3) is 0.600. The second-order valence-electron chi connectivity index (χ2n) is 7.27. The van der Waals surface area contributed by atoms with E-state index in [1.54, 1.807) is 0 Å². The van der Waals surface area contributed by atoms with E-state index < -0.39 is 0 Å². The third-order valence-corrected chi connectivity index (χ3v) is 5.53. The van der Waals surface area contributed by atoms with Gasteiger partial charge in [-0.15, -0.1) is 0 Å². The van der Waals surface area contributed by atoms with Gasteiger partial charge in [-0.25, -0.2) is 0 Å². The van der Waals surface area contributed by atoms with E-state index in [4.69, 9.17) is 0 Å². The van der Waals surface area contributed by atoms with Crippen LogP contribution in [0.15, 0.2) is 24.3 Å². The van der Waals surface area contributed by atoms with Gasteiger partial charge in [-0.1, -0.05) is 77.0 Å². The lowest BCUT2D eigenvalue weighted by Crippen LogP contribution is -2.34. The summed E-state index contributed by atoms with van der Waals surface area (Å²) in [5.74, 6) is 0. The van der Waals surface area contributed by atoms with Crippen LogP contribution in [0.25, 0.3) is 11.1 Å². The van der Waals surface area contributed by atoms with Gasteiger partial charge in [0.15, 0.2) is 0 Å². The molecule has 1 aromatic carbocycles. The Hall–Kier alpha value is -1.04. The first-order chi connectivity index (χ1) is 9.17. The molecule has 1 aromatic rings. The second-order valence-corrected chi connectivity index (χ2v) is 7.27. The smallest absolute Gasteiger partial charge is 0.0141 e. The lowest BCUT2D eigenvalue weighted by atomic mass is 9.78. The van der Waals surface area contributed by atoms with Gasteiger partial charge in [-0.3, -0.25) is 0 Å². The van der Waals surface area contributed by atoms with Gasteiger partial charge in [0.2, 0.25) is 0 Å². The Morgan fingerprint density at radius 1 is 0.750 bits per heavy atom. The SMILES string of the molecule is CCC(C)(C)C(C)=c1ccccc1=C(C)C(C)(C)CC. The van der Waals surface area contributed by atoms with Gasteiger partial charge in [0.05, 0.1) is 0 Å². The van der Waals surface area contributed by atoms with E-state index in [-0.39, 0.29) is 10.8 Å². The first-order valence-corrected chi connectivity index (χ1v) is 7.95. The van der Waals surface area contributed by atoms with Crippen molar-refractivity contribution in [3.8, 4) is 0 Å². The molecule has 0 spiro atoms. The van der Waals surface area contributed by atoms with Crippen molar-refractivity contribution in [2.75, 3.05) is 0 Å². The van der Waals surface area contributed by atoms with Crippen LogP contribution in [0.3, 0.4) is 0 Å². The minimum absolute atomic E-state index is 0.257. The largest absolute Gasteiger partial charge is 0.0646 e. The lowest BCUT2D eigenvalue weighted by molar-refractivity contribution is 0.471. The van der Waals surface area contributed by atoms with Crippen molar-refractivity contribution in [3.63, 3.8) is 0 Å². The van der Waals surface area contributed by atoms with E-state index in [9.17, 15) is 0 Å². The Morgan fingerprint density at radius 3 is 1.30 bits per heavy atom.